The Bertz CT molecular complexity index is 1040. The van der Waals surface area contributed by atoms with Gasteiger partial charge in [0.05, 0.1) is 0 Å². The molecule has 1 spiro atoms. The van der Waals surface area contributed by atoms with E-state index in [0.717, 1.165) is 30.8 Å². The quantitative estimate of drug-likeness (QED) is 0.686. The van der Waals surface area contributed by atoms with Crippen molar-refractivity contribution in [1.29, 1.82) is 0 Å². The molecule has 4 aliphatic heterocycles. The maximum absolute atomic E-state index is 12.9. The summed E-state index contributed by atoms with van der Waals surface area (Å²) in [5.41, 5.74) is 2.17. The van der Waals surface area contributed by atoms with E-state index in [-0.39, 0.29) is 29.7 Å². The molecule has 4 heterocycles. The Morgan fingerprint density at radius 1 is 1.15 bits per heavy atom. The van der Waals surface area contributed by atoms with Gasteiger partial charge in [0.25, 0.3) is 5.91 Å². The number of nitrogens with zero attached hydrogens (tertiary/aromatic N) is 3. The number of piperidine rings is 1. The Morgan fingerprint density at radius 3 is 2.61 bits per heavy atom. The predicted molar refractivity (Wildman–Crippen MR) is 120 cm³/mol. The average molecular weight is 455 g/mol. The van der Waals surface area contributed by atoms with Crippen molar-refractivity contribution in [2.75, 3.05) is 31.1 Å². The minimum Gasteiger partial charge on any atom is -0.444 e. The van der Waals surface area contributed by atoms with Crippen LogP contribution in [0.1, 0.15) is 56.0 Å². The Labute approximate surface area is 193 Å². The van der Waals surface area contributed by atoms with Crippen molar-refractivity contribution >= 4 is 29.5 Å². The lowest BCUT2D eigenvalue weighted by atomic mass is 9.78. The van der Waals surface area contributed by atoms with Crippen LogP contribution >= 0.6 is 0 Å². The van der Waals surface area contributed by atoms with Crippen molar-refractivity contribution in [3.63, 3.8) is 0 Å². The summed E-state index contributed by atoms with van der Waals surface area (Å²) in [7, 11) is 0. The van der Waals surface area contributed by atoms with E-state index >= 15 is 0 Å². The zero-order valence-corrected chi connectivity index (χ0v) is 19.3. The van der Waals surface area contributed by atoms with Gasteiger partial charge >= 0.3 is 6.09 Å². The summed E-state index contributed by atoms with van der Waals surface area (Å²) in [4.78, 5) is 54.6. The molecule has 9 heteroatoms. The molecular formula is C24H30N4O5. The SMILES string of the molecule is CC(C)(C)OC(=O)N1CCC2(C1)CN(c1ccc3c(c1)CN(C1CCC(=O)NC1=O)C3=O)C2. The second-order valence-electron chi connectivity index (χ2n) is 10.7. The number of fused-ring (bicyclic) bond motifs is 1. The number of benzene rings is 1. The number of ether oxygens (including phenoxy) is 1. The second-order valence-corrected chi connectivity index (χ2v) is 10.7. The van der Waals surface area contributed by atoms with Crippen LogP contribution in [0.3, 0.4) is 0 Å². The molecular weight excluding hydrogens is 424 g/mol. The third kappa shape index (κ3) is 3.94. The van der Waals surface area contributed by atoms with E-state index in [0.29, 0.717) is 31.6 Å². The van der Waals surface area contributed by atoms with Gasteiger partial charge in [-0.15, -0.1) is 0 Å². The van der Waals surface area contributed by atoms with Crippen LogP contribution in [0.15, 0.2) is 18.2 Å². The van der Waals surface area contributed by atoms with Gasteiger partial charge < -0.3 is 19.4 Å². The molecule has 3 fully saturated rings. The van der Waals surface area contributed by atoms with E-state index in [1.54, 1.807) is 4.90 Å². The fraction of sp³-hybridized carbons (Fsp3) is 0.583. The molecule has 1 aromatic rings. The van der Waals surface area contributed by atoms with E-state index in [4.69, 9.17) is 4.74 Å². The van der Waals surface area contributed by atoms with Crippen LogP contribution in [0.4, 0.5) is 10.5 Å². The smallest absolute Gasteiger partial charge is 0.410 e. The van der Waals surface area contributed by atoms with Crippen molar-refractivity contribution < 1.29 is 23.9 Å². The molecule has 1 atom stereocenters. The monoisotopic (exact) mass is 454 g/mol. The topological polar surface area (TPSA) is 99.3 Å². The van der Waals surface area contributed by atoms with Crippen LogP contribution in [0.2, 0.25) is 0 Å². The number of carbonyl (C=O) groups is 4. The molecule has 0 saturated carbocycles. The molecule has 1 N–H and O–H groups in total. The highest BCUT2D eigenvalue weighted by atomic mass is 16.6. The zero-order valence-electron chi connectivity index (χ0n) is 19.3. The first-order valence-electron chi connectivity index (χ1n) is 11.5. The number of likely N-dealkylation sites (tertiary alicyclic amines) is 1. The molecule has 3 saturated heterocycles. The summed E-state index contributed by atoms with van der Waals surface area (Å²) in [5, 5.41) is 2.34. The summed E-state index contributed by atoms with van der Waals surface area (Å²) >= 11 is 0. The van der Waals surface area contributed by atoms with Crippen LogP contribution in [-0.2, 0) is 20.9 Å². The van der Waals surface area contributed by atoms with Crippen LogP contribution in [0.25, 0.3) is 0 Å². The molecule has 4 amide bonds. The molecule has 5 rings (SSSR count). The number of nitrogens with one attached hydrogen (secondary N) is 1. The van der Waals surface area contributed by atoms with E-state index < -0.39 is 17.6 Å². The molecule has 4 aliphatic rings. The molecule has 1 unspecified atom stereocenters. The number of imide groups is 1. The maximum Gasteiger partial charge on any atom is 0.410 e. The van der Waals surface area contributed by atoms with Gasteiger partial charge in [-0.3, -0.25) is 19.7 Å². The number of carbonyl (C=O) groups excluding carboxylic acids is 4. The van der Waals surface area contributed by atoms with Gasteiger partial charge in [0.15, 0.2) is 0 Å². The van der Waals surface area contributed by atoms with Crippen molar-refractivity contribution in [2.24, 2.45) is 5.41 Å². The number of rotatable bonds is 2. The highest BCUT2D eigenvalue weighted by Crippen LogP contribution is 2.43. The van der Waals surface area contributed by atoms with E-state index in [9.17, 15) is 19.2 Å². The van der Waals surface area contributed by atoms with E-state index in [2.05, 4.69) is 10.2 Å². The third-order valence-electron chi connectivity index (χ3n) is 7.01. The Balaban J connectivity index is 1.22. The Morgan fingerprint density at radius 2 is 1.91 bits per heavy atom. The zero-order chi connectivity index (χ0) is 23.5. The van der Waals surface area contributed by atoms with Gasteiger partial charge in [0, 0.05) is 55.8 Å². The average Bonchev–Trinajstić information content (AvgIpc) is 3.28. The van der Waals surface area contributed by atoms with Gasteiger partial charge in [-0.05, 0) is 57.4 Å². The lowest BCUT2D eigenvalue weighted by molar-refractivity contribution is -0.136. The van der Waals surface area contributed by atoms with Crippen molar-refractivity contribution in [3.8, 4) is 0 Å². The highest BCUT2D eigenvalue weighted by Gasteiger charge is 2.49. The summed E-state index contributed by atoms with van der Waals surface area (Å²) in [5.74, 6) is -0.838. The first-order valence-corrected chi connectivity index (χ1v) is 11.5. The largest absolute Gasteiger partial charge is 0.444 e. The van der Waals surface area contributed by atoms with Crippen molar-refractivity contribution in [3.05, 3.63) is 29.3 Å². The molecule has 0 aromatic heterocycles. The predicted octanol–water partition coefficient (Wildman–Crippen LogP) is 1.89. The lowest BCUT2D eigenvalue weighted by Gasteiger charge is -2.49. The first-order chi connectivity index (χ1) is 15.5. The fourth-order valence-corrected chi connectivity index (χ4v) is 5.38. The number of anilines is 1. The van der Waals surface area contributed by atoms with Crippen molar-refractivity contribution in [1.82, 2.24) is 15.1 Å². The minimum atomic E-state index is -0.601. The van der Waals surface area contributed by atoms with Gasteiger partial charge in [0.1, 0.15) is 11.6 Å². The molecule has 9 nitrogen and oxygen atoms in total. The standard InChI is InChI=1S/C24H30N4O5/c1-23(2,3)33-22(32)26-9-8-24(12-26)13-27(14-24)16-4-5-17-15(10-16)11-28(21(17)31)18-6-7-19(29)25-20(18)30/h4-5,10,18H,6-9,11-14H2,1-3H3,(H,25,29,30). The van der Waals surface area contributed by atoms with Gasteiger partial charge in [-0.2, -0.15) is 0 Å². The number of hydrogen-bond donors (Lipinski definition) is 1. The van der Waals surface area contributed by atoms with Crippen LogP contribution in [-0.4, -0.2) is 71.4 Å². The lowest BCUT2D eigenvalue weighted by Crippen LogP contribution is -2.58. The minimum absolute atomic E-state index is 0.0878. The van der Waals surface area contributed by atoms with E-state index in [1.165, 1.54) is 0 Å². The van der Waals surface area contributed by atoms with Crippen molar-refractivity contribution in [2.45, 2.75) is 58.2 Å². The number of hydrogen-bond acceptors (Lipinski definition) is 6. The van der Waals surface area contributed by atoms with Gasteiger partial charge in [0.2, 0.25) is 11.8 Å². The molecule has 1 aromatic carbocycles. The molecule has 0 bridgehead atoms. The Kier molecular flexibility index (Phi) is 4.91. The first kappa shape index (κ1) is 21.7. The van der Waals surface area contributed by atoms with Gasteiger partial charge in [-0.1, -0.05) is 0 Å². The second kappa shape index (κ2) is 7.46. The summed E-state index contributed by atoms with van der Waals surface area (Å²) < 4.78 is 5.52. The molecule has 176 valence electrons. The summed E-state index contributed by atoms with van der Waals surface area (Å²) in [6.45, 7) is 9.13. The normalized spacial score (nSPS) is 24.2. The van der Waals surface area contributed by atoms with Gasteiger partial charge in [-0.25, -0.2) is 4.79 Å². The molecule has 0 radical (unpaired) electrons. The molecule has 33 heavy (non-hydrogen) atoms. The third-order valence-corrected chi connectivity index (χ3v) is 7.01. The summed E-state index contributed by atoms with van der Waals surface area (Å²) in [6, 6.07) is 5.23. The van der Waals surface area contributed by atoms with Crippen LogP contribution in [0, 0.1) is 5.41 Å². The van der Waals surface area contributed by atoms with Crippen LogP contribution in [0.5, 0.6) is 0 Å². The maximum atomic E-state index is 12.9. The Hall–Kier alpha value is -3.10. The summed E-state index contributed by atoms with van der Waals surface area (Å²) in [6.07, 6.45) is 1.32. The fourth-order valence-electron chi connectivity index (χ4n) is 5.38. The van der Waals surface area contributed by atoms with E-state index in [1.807, 2.05) is 43.9 Å². The number of amides is 4. The molecule has 0 aliphatic carbocycles. The van der Waals surface area contributed by atoms with Crippen LogP contribution < -0.4 is 10.2 Å². The highest BCUT2D eigenvalue weighted by molar-refractivity contribution is 6.05.